The number of fused-ring (bicyclic) bond motifs is 1. The Labute approximate surface area is 179 Å². The third kappa shape index (κ3) is 4.58. The third-order valence-electron chi connectivity index (χ3n) is 5.02. The molecule has 0 spiro atoms. The van der Waals surface area contributed by atoms with E-state index in [1.54, 1.807) is 12.1 Å². The number of hydrogen-bond acceptors (Lipinski definition) is 5. The lowest BCUT2D eigenvalue weighted by Crippen LogP contribution is -2.26. The molecular weight excluding hydrogens is 395 g/mol. The van der Waals surface area contributed by atoms with Crippen LogP contribution in [0.25, 0.3) is 10.8 Å². The fraction of sp³-hybridized carbons (Fsp3) is 0.261. The van der Waals surface area contributed by atoms with E-state index in [1.807, 2.05) is 45.0 Å². The predicted molar refractivity (Wildman–Crippen MR) is 122 cm³/mol. The number of benzene rings is 2. The SMILES string of the molecule is Cc1cc(Nc2nn(C(C)C)c(=O)c3cc(NCCc4ccc(F)cc4)ccc23)n[nH]1. The lowest BCUT2D eigenvalue weighted by atomic mass is 10.1. The highest BCUT2D eigenvalue weighted by atomic mass is 19.1. The second kappa shape index (κ2) is 8.59. The summed E-state index contributed by atoms with van der Waals surface area (Å²) in [4.78, 5) is 13.0. The van der Waals surface area contributed by atoms with E-state index in [1.165, 1.54) is 16.8 Å². The highest BCUT2D eigenvalue weighted by Crippen LogP contribution is 2.25. The van der Waals surface area contributed by atoms with Crippen molar-refractivity contribution in [2.75, 3.05) is 17.2 Å². The minimum Gasteiger partial charge on any atom is -0.385 e. The zero-order valence-electron chi connectivity index (χ0n) is 17.7. The van der Waals surface area contributed by atoms with Crippen molar-refractivity contribution in [2.45, 2.75) is 33.2 Å². The van der Waals surface area contributed by atoms with Gasteiger partial charge in [0.1, 0.15) is 5.82 Å². The van der Waals surface area contributed by atoms with Gasteiger partial charge >= 0.3 is 0 Å². The highest BCUT2D eigenvalue weighted by Gasteiger charge is 2.14. The molecule has 0 unspecified atom stereocenters. The van der Waals surface area contributed by atoms with Crippen LogP contribution < -0.4 is 16.2 Å². The van der Waals surface area contributed by atoms with Gasteiger partial charge in [-0.3, -0.25) is 9.89 Å². The summed E-state index contributed by atoms with van der Waals surface area (Å²) in [5, 5.41) is 19.5. The smallest absolute Gasteiger partial charge is 0.275 e. The Balaban J connectivity index is 1.63. The summed E-state index contributed by atoms with van der Waals surface area (Å²) in [7, 11) is 0. The van der Waals surface area contributed by atoms with Gasteiger partial charge in [-0.1, -0.05) is 12.1 Å². The molecule has 0 radical (unpaired) electrons. The standard InChI is InChI=1S/C23H25FN6O/c1-14(2)30-23(31)20-13-18(25-11-10-16-4-6-17(24)7-5-16)8-9-19(20)22(29-30)26-21-12-15(3)27-28-21/h4-9,12-14,25H,10-11H2,1-3H3,(H2,26,27,28,29). The van der Waals surface area contributed by atoms with Crippen LogP contribution in [0, 0.1) is 12.7 Å². The number of halogens is 1. The third-order valence-corrected chi connectivity index (χ3v) is 5.02. The van der Waals surface area contributed by atoms with Crippen LogP contribution in [0.4, 0.5) is 21.7 Å². The van der Waals surface area contributed by atoms with E-state index in [4.69, 9.17) is 0 Å². The molecule has 2 aromatic heterocycles. The largest absolute Gasteiger partial charge is 0.385 e. The van der Waals surface area contributed by atoms with Gasteiger partial charge in [0.25, 0.3) is 5.56 Å². The molecule has 7 nitrogen and oxygen atoms in total. The molecule has 0 saturated heterocycles. The molecule has 0 saturated carbocycles. The fourth-order valence-corrected chi connectivity index (χ4v) is 3.42. The van der Waals surface area contributed by atoms with Gasteiger partial charge in [0.05, 0.1) is 11.4 Å². The van der Waals surface area contributed by atoms with Crippen molar-refractivity contribution in [3.63, 3.8) is 0 Å². The number of rotatable bonds is 7. The van der Waals surface area contributed by atoms with Crippen molar-refractivity contribution in [3.05, 3.63) is 76.0 Å². The van der Waals surface area contributed by atoms with Gasteiger partial charge in [0.2, 0.25) is 0 Å². The van der Waals surface area contributed by atoms with Crippen LogP contribution >= 0.6 is 0 Å². The van der Waals surface area contributed by atoms with Gasteiger partial charge in [0, 0.05) is 29.4 Å². The van der Waals surface area contributed by atoms with Crippen LogP contribution in [0.2, 0.25) is 0 Å². The molecule has 0 bridgehead atoms. The van der Waals surface area contributed by atoms with Crippen LogP contribution in [0.5, 0.6) is 0 Å². The first-order valence-electron chi connectivity index (χ1n) is 10.2. The van der Waals surface area contributed by atoms with E-state index in [0.29, 0.717) is 23.6 Å². The normalized spacial score (nSPS) is 11.3. The van der Waals surface area contributed by atoms with Gasteiger partial charge in [0.15, 0.2) is 11.6 Å². The molecule has 2 aromatic carbocycles. The van der Waals surface area contributed by atoms with Gasteiger partial charge in [-0.15, -0.1) is 0 Å². The molecule has 0 fully saturated rings. The van der Waals surface area contributed by atoms with E-state index in [0.717, 1.165) is 28.8 Å². The Morgan fingerprint density at radius 2 is 1.87 bits per heavy atom. The first-order valence-corrected chi connectivity index (χ1v) is 10.2. The Hall–Kier alpha value is -3.68. The molecule has 160 valence electrons. The van der Waals surface area contributed by atoms with Crippen LogP contribution in [-0.2, 0) is 6.42 Å². The first kappa shape index (κ1) is 20.6. The minimum absolute atomic E-state index is 0.0894. The Kier molecular flexibility index (Phi) is 5.70. The van der Waals surface area contributed by atoms with Crippen LogP contribution in [0.3, 0.4) is 0 Å². The average Bonchev–Trinajstić information content (AvgIpc) is 3.16. The molecule has 0 aliphatic rings. The molecule has 3 N–H and O–H groups in total. The lowest BCUT2D eigenvalue weighted by Gasteiger charge is -2.15. The molecule has 0 amide bonds. The number of nitrogens with zero attached hydrogens (tertiary/aromatic N) is 3. The molecule has 2 heterocycles. The summed E-state index contributed by atoms with van der Waals surface area (Å²) < 4.78 is 14.5. The minimum atomic E-state index is -0.240. The van der Waals surface area contributed by atoms with Crippen molar-refractivity contribution in [2.24, 2.45) is 0 Å². The Morgan fingerprint density at radius 1 is 1.10 bits per heavy atom. The molecule has 0 aliphatic heterocycles. The monoisotopic (exact) mass is 420 g/mol. The van der Waals surface area contributed by atoms with Crippen molar-refractivity contribution in [3.8, 4) is 0 Å². The van der Waals surface area contributed by atoms with Gasteiger partial charge < -0.3 is 10.6 Å². The maximum absolute atomic E-state index is 13.1. The predicted octanol–water partition coefficient (Wildman–Crippen LogP) is 4.55. The van der Waals surface area contributed by atoms with Crippen LogP contribution in [0.15, 0.2) is 53.3 Å². The van der Waals surface area contributed by atoms with Gasteiger partial charge in [-0.25, -0.2) is 9.07 Å². The zero-order valence-corrected chi connectivity index (χ0v) is 17.7. The number of aryl methyl sites for hydroxylation is 1. The lowest BCUT2D eigenvalue weighted by molar-refractivity contribution is 0.510. The second-order valence-corrected chi connectivity index (χ2v) is 7.82. The van der Waals surface area contributed by atoms with Crippen molar-refractivity contribution in [1.82, 2.24) is 20.0 Å². The van der Waals surface area contributed by atoms with E-state index in [-0.39, 0.29) is 17.4 Å². The van der Waals surface area contributed by atoms with E-state index in [9.17, 15) is 9.18 Å². The Bertz CT molecular complexity index is 1260. The van der Waals surface area contributed by atoms with E-state index in [2.05, 4.69) is 25.9 Å². The average molecular weight is 420 g/mol. The van der Waals surface area contributed by atoms with Crippen molar-refractivity contribution >= 4 is 28.1 Å². The summed E-state index contributed by atoms with van der Waals surface area (Å²) in [6.45, 7) is 6.43. The van der Waals surface area contributed by atoms with Gasteiger partial charge in [-0.05, 0) is 63.1 Å². The van der Waals surface area contributed by atoms with Crippen molar-refractivity contribution < 1.29 is 4.39 Å². The maximum atomic E-state index is 13.1. The van der Waals surface area contributed by atoms with Crippen LogP contribution in [-0.4, -0.2) is 26.5 Å². The second-order valence-electron chi connectivity index (χ2n) is 7.82. The summed E-state index contributed by atoms with van der Waals surface area (Å²) in [6.07, 6.45) is 0.746. The molecule has 0 atom stereocenters. The van der Waals surface area contributed by atoms with Crippen molar-refractivity contribution in [1.29, 1.82) is 0 Å². The number of hydrogen-bond donors (Lipinski definition) is 3. The summed E-state index contributed by atoms with van der Waals surface area (Å²) in [5.74, 6) is 0.977. The highest BCUT2D eigenvalue weighted by molar-refractivity contribution is 5.94. The van der Waals surface area contributed by atoms with Crippen LogP contribution in [0.1, 0.15) is 31.1 Å². The number of aromatic nitrogens is 4. The summed E-state index contributed by atoms with van der Waals surface area (Å²) >= 11 is 0. The zero-order chi connectivity index (χ0) is 22.0. The number of nitrogens with one attached hydrogen (secondary N) is 3. The number of H-pyrrole nitrogens is 1. The Morgan fingerprint density at radius 3 is 2.55 bits per heavy atom. The van der Waals surface area contributed by atoms with Gasteiger partial charge in [-0.2, -0.15) is 10.2 Å². The molecular formula is C23H25FN6O. The first-order chi connectivity index (χ1) is 14.9. The fourth-order valence-electron chi connectivity index (χ4n) is 3.42. The number of anilines is 3. The molecule has 4 aromatic rings. The molecule has 8 heteroatoms. The quantitative estimate of drug-likeness (QED) is 0.408. The molecule has 31 heavy (non-hydrogen) atoms. The molecule has 4 rings (SSSR count). The summed E-state index contributed by atoms with van der Waals surface area (Å²) in [5.41, 5.74) is 2.67. The van der Waals surface area contributed by atoms with E-state index < -0.39 is 0 Å². The maximum Gasteiger partial charge on any atom is 0.275 e. The van der Waals surface area contributed by atoms with E-state index >= 15 is 0 Å². The topological polar surface area (TPSA) is 87.6 Å². The molecule has 0 aliphatic carbocycles. The summed E-state index contributed by atoms with van der Waals surface area (Å²) in [6, 6.07) is 13.9. The number of aromatic amines is 1.